The molecule has 0 saturated carbocycles. The van der Waals surface area contributed by atoms with Gasteiger partial charge in [0.1, 0.15) is 6.04 Å². The molecule has 0 aromatic heterocycles. The maximum absolute atomic E-state index is 11.6. The van der Waals surface area contributed by atoms with E-state index in [0.29, 0.717) is 12.1 Å². The van der Waals surface area contributed by atoms with Gasteiger partial charge < -0.3 is 15.7 Å². The molecular formula is C13H18N2O3. The highest BCUT2D eigenvalue weighted by molar-refractivity contribution is 5.92. The van der Waals surface area contributed by atoms with Gasteiger partial charge >= 0.3 is 12.0 Å². The third kappa shape index (κ3) is 4.08. The van der Waals surface area contributed by atoms with Crippen LogP contribution < -0.4 is 10.6 Å². The summed E-state index contributed by atoms with van der Waals surface area (Å²) in [5.74, 6) is -1.03. The lowest BCUT2D eigenvalue weighted by Gasteiger charge is -2.13. The number of carboxylic acids is 1. The molecule has 1 aromatic rings. The van der Waals surface area contributed by atoms with Gasteiger partial charge in [0.2, 0.25) is 0 Å². The number of amides is 2. The van der Waals surface area contributed by atoms with E-state index in [4.69, 9.17) is 5.11 Å². The van der Waals surface area contributed by atoms with Crippen LogP contribution in [0, 0.1) is 0 Å². The van der Waals surface area contributed by atoms with Crippen molar-refractivity contribution in [2.24, 2.45) is 0 Å². The van der Waals surface area contributed by atoms with Crippen molar-refractivity contribution in [2.75, 3.05) is 5.32 Å². The third-order valence-corrected chi connectivity index (χ3v) is 2.60. The largest absolute Gasteiger partial charge is 0.480 e. The van der Waals surface area contributed by atoms with Gasteiger partial charge in [-0.2, -0.15) is 0 Å². The van der Waals surface area contributed by atoms with Crippen molar-refractivity contribution in [1.82, 2.24) is 5.32 Å². The average molecular weight is 250 g/mol. The highest BCUT2D eigenvalue weighted by Gasteiger charge is 2.17. The molecule has 1 rings (SSSR count). The standard InChI is InChI=1S/C13H18N2O3/c1-3-9-6-5-7-10(8-9)14-13(18)15-11(4-2)12(16)17/h5-8,11H,3-4H2,1-2H3,(H,16,17)(H2,14,15,18)/t11-/m1/s1. The van der Waals surface area contributed by atoms with E-state index in [1.165, 1.54) is 0 Å². The highest BCUT2D eigenvalue weighted by Crippen LogP contribution is 2.10. The van der Waals surface area contributed by atoms with E-state index in [1.54, 1.807) is 13.0 Å². The molecule has 0 aliphatic heterocycles. The van der Waals surface area contributed by atoms with Crippen LogP contribution in [0.25, 0.3) is 0 Å². The Morgan fingerprint density at radius 2 is 2.06 bits per heavy atom. The summed E-state index contributed by atoms with van der Waals surface area (Å²) < 4.78 is 0. The number of carboxylic acid groups (broad SMARTS) is 1. The number of carbonyl (C=O) groups is 2. The van der Waals surface area contributed by atoms with Crippen LogP contribution in [-0.2, 0) is 11.2 Å². The van der Waals surface area contributed by atoms with Crippen LogP contribution in [0.1, 0.15) is 25.8 Å². The molecule has 0 spiro atoms. The highest BCUT2D eigenvalue weighted by atomic mass is 16.4. The molecule has 5 heteroatoms. The minimum Gasteiger partial charge on any atom is -0.480 e. The molecule has 0 radical (unpaired) electrons. The first-order valence-corrected chi connectivity index (χ1v) is 5.96. The molecule has 1 atom stereocenters. The van der Waals surface area contributed by atoms with Crippen molar-refractivity contribution >= 4 is 17.7 Å². The SMILES string of the molecule is CCc1cccc(NC(=O)N[C@H](CC)C(=O)O)c1. The lowest BCUT2D eigenvalue weighted by molar-refractivity contribution is -0.139. The maximum Gasteiger partial charge on any atom is 0.326 e. The molecule has 18 heavy (non-hydrogen) atoms. The van der Waals surface area contributed by atoms with Crippen LogP contribution in [0.3, 0.4) is 0 Å². The van der Waals surface area contributed by atoms with E-state index in [0.717, 1.165) is 12.0 Å². The minimum atomic E-state index is -1.03. The summed E-state index contributed by atoms with van der Waals surface area (Å²) >= 11 is 0. The Morgan fingerprint density at radius 1 is 1.33 bits per heavy atom. The molecule has 1 aromatic carbocycles. The quantitative estimate of drug-likeness (QED) is 0.749. The van der Waals surface area contributed by atoms with E-state index in [1.807, 2.05) is 25.1 Å². The smallest absolute Gasteiger partial charge is 0.326 e. The summed E-state index contributed by atoms with van der Waals surface area (Å²) in [6.45, 7) is 3.73. The molecule has 5 nitrogen and oxygen atoms in total. The maximum atomic E-state index is 11.6. The second-order valence-electron chi connectivity index (χ2n) is 3.95. The molecule has 0 fully saturated rings. The fourth-order valence-electron chi connectivity index (χ4n) is 1.53. The van der Waals surface area contributed by atoms with Gasteiger partial charge in [0, 0.05) is 5.69 Å². The van der Waals surface area contributed by atoms with Crippen LogP contribution in [0.4, 0.5) is 10.5 Å². The normalized spacial score (nSPS) is 11.7. The lowest BCUT2D eigenvalue weighted by atomic mass is 10.1. The zero-order valence-corrected chi connectivity index (χ0v) is 10.6. The Morgan fingerprint density at radius 3 is 2.61 bits per heavy atom. The molecule has 2 amide bonds. The van der Waals surface area contributed by atoms with Gasteiger partial charge in [0.25, 0.3) is 0 Å². The number of aryl methyl sites for hydroxylation is 1. The summed E-state index contributed by atoms with van der Waals surface area (Å²) in [4.78, 5) is 22.4. The summed E-state index contributed by atoms with van der Waals surface area (Å²) in [5.41, 5.74) is 1.77. The molecule has 3 N–H and O–H groups in total. The summed E-state index contributed by atoms with van der Waals surface area (Å²) in [6.07, 6.45) is 1.22. The van der Waals surface area contributed by atoms with E-state index >= 15 is 0 Å². The Kier molecular flexibility index (Phi) is 5.17. The number of aliphatic carboxylic acids is 1. The second kappa shape index (κ2) is 6.64. The zero-order valence-electron chi connectivity index (χ0n) is 10.6. The van der Waals surface area contributed by atoms with E-state index < -0.39 is 18.0 Å². The van der Waals surface area contributed by atoms with Gasteiger partial charge in [-0.15, -0.1) is 0 Å². The monoisotopic (exact) mass is 250 g/mol. The molecule has 0 bridgehead atoms. The number of carbonyl (C=O) groups excluding carboxylic acids is 1. The fourth-order valence-corrected chi connectivity index (χ4v) is 1.53. The predicted molar refractivity (Wildman–Crippen MR) is 69.7 cm³/mol. The number of benzene rings is 1. The van der Waals surface area contributed by atoms with Crippen molar-refractivity contribution in [2.45, 2.75) is 32.7 Å². The number of hydrogen-bond acceptors (Lipinski definition) is 2. The van der Waals surface area contributed by atoms with E-state index in [-0.39, 0.29) is 0 Å². The van der Waals surface area contributed by atoms with Crippen molar-refractivity contribution in [3.8, 4) is 0 Å². The van der Waals surface area contributed by atoms with Gasteiger partial charge in [-0.25, -0.2) is 9.59 Å². The zero-order chi connectivity index (χ0) is 13.5. The molecule has 0 heterocycles. The Hall–Kier alpha value is -2.04. The van der Waals surface area contributed by atoms with Crippen LogP contribution in [0.2, 0.25) is 0 Å². The van der Waals surface area contributed by atoms with Crippen molar-refractivity contribution in [1.29, 1.82) is 0 Å². The molecule has 0 aliphatic carbocycles. The number of rotatable bonds is 5. The van der Waals surface area contributed by atoms with Gasteiger partial charge in [0.15, 0.2) is 0 Å². The Balaban J connectivity index is 2.61. The Bertz CT molecular complexity index is 432. The van der Waals surface area contributed by atoms with Crippen molar-refractivity contribution in [3.63, 3.8) is 0 Å². The average Bonchev–Trinajstić information content (AvgIpc) is 2.35. The molecule has 0 aliphatic rings. The first kappa shape index (κ1) is 14.0. The number of hydrogen-bond donors (Lipinski definition) is 3. The van der Waals surface area contributed by atoms with Gasteiger partial charge in [-0.05, 0) is 30.5 Å². The molecule has 98 valence electrons. The fraction of sp³-hybridized carbons (Fsp3) is 0.385. The molecular weight excluding hydrogens is 232 g/mol. The van der Waals surface area contributed by atoms with Gasteiger partial charge in [0.05, 0.1) is 0 Å². The molecule has 0 unspecified atom stereocenters. The van der Waals surface area contributed by atoms with Crippen molar-refractivity contribution < 1.29 is 14.7 Å². The lowest BCUT2D eigenvalue weighted by Crippen LogP contribution is -2.42. The second-order valence-corrected chi connectivity index (χ2v) is 3.95. The van der Waals surface area contributed by atoms with Crippen LogP contribution in [-0.4, -0.2) is 23.1 Å². The summed E-state index contributed by atoms with van der Waals surface area (Å²) in [6, 6.07) is 6.08. The summed E-state index contributed by atoms with van der Waals surface area (Å²) in [5, 5.41) is 13.9. The van der Waals surface area contributed by atoms with Gasteiger partial charge in [-0.1, -0.05) is 26.0 Å². The van der Waals surface area contributed by atoms with Crippen molar-refractivity contribution in [3.05, 3.63) is 29.8 Å². The van der Waals surface area contributed by atoms with Crippen LogP contribution >= 0.6 is 0 Å². The van der Waals surface area contributed by atoms with E-state index in [2.05, 4.69) is 10.6 Å². The first-order valence-electron chi connectivity index (χ1n) is 5.96. The topological polar surface area (TPSA) is 78.4 Å². The first-order chi connectivity index (χ1) is 8.56. The van der Waals surface area contributed by atoms with Crippen LogP contribution in [0.5, 0.6) is 0 Å². The van der Waals surface area contributed by atoms with E-state index in [9.17, 15) is 9.59 Å². The third-order valence-electron chi connectivity index (χ3n) is 2.60. The predicted octanol–water partition coefficient (Wildman–Crippen LogP) is 2.23. The van der Waals surface area contributed by atoms with Crippen LogP contribution in [0.15, 0.2) is 24.3 Å². The van der Waals surface area contributed by atoms with Gasteiger partial charge in [-0.3, -0.25) is 0 Å². The number of urea groups is 1. The minimum absolute atomic E-state index is 0.345. The Labute approximate surface area is 106 Å². The molecule has 0 saturated heterocycles. The number of nitrogens with one attached hydrogen (secondary N) is 2. The number of anilines is 1. The summed E-state index contributed by atoms with van der Waals surface area (Å²) in [7, 11) is 0.